The first-order valence-corrected chi connectivity index (χ1v) is 13.3. The Hall–Kier alpha value is -3.28. The van der Waals surface area contributed by atoms with Crippen LogP contribution < -0.4 is 27.8 Å². The number of carbonyl (C=O) groups is 2. The van der Waals surface area contributed by atoms with Gasteiger partial charge in [-0.3, -0.25) is 14.7 Å². The van der Waals surface area contributed by atoms with Gasteiger partial charge in [-0.2, -0.15) is 4.98 Å². The molecule has 11 heteroatoms. The maximum atomic E-state index is 12.7. The average Bonchev–Trinajstić information content (AvgIpc) is 2.89. The number of anilines is 1. The van der Waals surface area contributed by atoms with Crippen molar-refractivity contribution in [3.8, 4) is 5.69 Å². The molecule has 3 amide bonds. The Kier molecular flexibility index (Phi) is 8.49. The summed E-state index contributed by atoms with van der Waals surface area (Å²) in [6.45, 7) is 7.87. The Balaban J connectivity index is 1.29. The molecular weight excluding hydrogens is 484 g/mol. The Morgan fingerprint density at radius 1 is 1.05 bits per heavy atom. The highest BCUT2D eigenvalue weighted by Crippen LogP contribution is 2.23. The number of hydrogen-bond donors (Lipinski definition) is 4. The molecule has 1 aromatic heterocycles. The van der Waals surface area contributed by atoms with Gasteiger partial charge in [-0.1, -0.05) is 19.1 Å². The number of aromatic nitrogens is 2. The van der Waals surface area contributed by atoms with Gasteiger partial charge in [0.25, 0.3) is 0 Å². The zero-order valence-corrected chi connectivity index (χ0v) is 22.5. The predicted octanol–water partition coefficient (Wildman–Crippen LogP) is 1.25. The summed E-state index contributed by atoms with van der Waals surface area (Å²) in [6.07, 6.45) is 4.83. The molecule has 1 saturated carbocycles. The smallest absolute Gasteiger partial charge is 0.338 e. The van der Waals surface area contributed by atoms with Gasteiger partial charge >= 0.3 is 11.7 Å². The van der Waals surface area contributed by atoms with Crippen LogP contribution in [0.4, 0.5) is 10.6 Å². The minimum Gasteiger partial charge on any atom is -0.338 e. The molecule has 2 fully saturated rings. The van der Waals surface area contributed by atoms with Gasteiger partial charge in [0.1, 0.15) is 5.82 Å². The summed E-state index contributed by atoms with van der Waals surface area (Å²) in [5, 5.41) is 6.31. The lowest BCUT2D eigenvalue weighted by Gasteiger charge is -2.37. The molecule has 38 heavy (non-hydrogen) atoms. The largest absolute Gasteiger partial charge is 0.354 e. The number of piperazine rings is 1. The van der Waals surface area contributed by atoms with Crippen LogP contribution in [0, 0.1) is 5.92 Å². The Labute approximate surface area is 223 Å². The Morgan fingerprint density at radius 3 is 2.32 bits per heavy atom. The number of nitrogens with one attached hydrogen (secondary N) is 2. The summed E-state index contributed by atoms with van der Waals surface area (Å²) in [6, 6.07) is 9.79. The molecule has 2 heterocycles. The Bertz CT molecular complexity index is 1180. The molecule has 1 aliphatic carbocycles. The van der Waals surface area contributed by atoms with Crippen LogP contribution in [0.3, 0.4) is 0 Å². The third-order valence-corrected chi connectivity index (χ3v) is 7.49. The number of urea groups is 1. The van der Waals surface area contributed by atoms with E-state index in [-0.39, 0.29) is 17.8 Å². The molecule has 6 N–H and O–H groups in total. The summed E-state index contributed by atoms with van der Waals surface area (Å²) < 4.78 is 1.44. The first-order chi connectivity index (χ1) is 18.0. The molecular formula is C27H40N8O3. The van der Waals surface area contributed by atoms with Crippen molar-refractivity contribution in [1.82, 2.24) is 24.7 Å². The number of nitrogens with zero attached hydrogens (tertiary/aromatic N) is 4. The first-order valence-electron chi connectivity index (χ1n) is 13.3. The minimum absolute atomic E-state index is 0.142. The number of nitrogens with two attached hydrogens (primary N) is 2. The monoisotopic (exact) mass is 524 g/mol. The number of amides is 3. The van der Waals surface area contributed by atoms with Crippen LogP contribution in [-0.2, 0) is 11.3 Å². The number of hydrogen-bond acceptors (Lipinski definition) is 7. The van der Waals surface area contributed by atoms with E-state index in [1.54, 1.807) is 35.9 Å². The lowest BCUT2D eigenvalue weighted by atomic mass is 9.83. The van der Waals surface area contributed by atoms with Crippen molar-refractivity contribution in [2.45, 2.75) is 64.2 Å². The van der Waals surface area contributed by atoms with Crippen LogP contribution in [0.5, 0.6) is 0 Å². The van der Waals surface area contributed by atoms with Crippen molar-refractivity contribution in [1.29, 1.82) is 0 Å². The van der Waals surface area contributed by atoms with E-state index in [1.165, 1.54) is 4.57 Å². The standard InChI is InChI=1S/C27H40N8O3/c1-18-16-20(6-9-22(18)28)30-17-19-4-7-21(8-5-19)35-11-10-23(32-26(35)38)31-25(37)34-14-12-33(13-15-34)24(36)27(2,3)29/h4-5,7-8,10-11,18,20,22,30H,6,9,12-17,28-29H2,1-3H3,(H,31,32,37,38)/t18?,20?,22-/m0/s1. The fraction of sp³-hybridized carbons (Fsp3) is 0.556. The fourth-order valence-corrected chi connectivity index (χ4v) is 5.02. The van der Waals surface area contributed by atoms with E-state index in [0.29, 0.717) is 49.9 Å². The number of carbonyl (C=O) groups excluding carboxylic acids is 2. The van der Waals surface area contributed by atoms with Crippen molar-refractivity contribution >= 4 is 17.8 Å². The molecule has 0 spiro atoms. The summed E-state index contributed by atoms with van der Waals surface area (Å²) in [5.74, 6) is 0.567. The van der Waals surface area contributed by atoms with Gasteiger partial charge in [0.2, 0.25) is 5.91 Å². The molecule has 4 rings (SSSR count). The molecule has 2 unspecified atom stereocenters. The molecule has 3 atom stereocenters. The van der Waals surface area contributed by atoms with E-state index < -0.39 is 11.2 Å². The molecule has 11 nitrogen and oxygen atoms in total. The van der Waals surface area contributed by atoms with Gasteiger partial charge in [0.05, 0.1) is 11.2 Å². The van der Waals surface area contributed by atoms with E-state index >= 15 is 0 Å². The maximum absolute atomic E-state index is 12.7. The normalized spacial score (nSPS) is 22.3. The third-order valence-electron chi connectivity index (χ3n) is 7.49. The van der Waals surface area contributed by atoms with Crippen LogP contribution in [0.1, 0.15) is 45.6 Å². The SMILES string of the molecule is CC1CC(NCc2ccc(-n3ccc(NC(=O)N4CCN(C(=O)C(C)(C)N)CC4)nc3=O)cc2)CC[C@@H]1N. The van der Waals surface area contributed by atoms with E-state index in [2.05, 4.69) is 22.5 Å². The predicted molar refractivity (Wildman–Crippen MR) is 147 cm³/mol. The van der Waals surface area contributed by atoms with Gasteiger partial charge in [-0.05, 0) is 62.8 Å². The van der Waals surface area contributed by atoms with Gasteiger partial charge in [0, 0.05) is 51.0 Å². The molecule has 0 radical (unpaired) electrons. The van der Waals surface area contributed by atoms with Gasteiger partial charge in [0.15, 0.2) is 0 Å². The molecule has 2 aromatic rings. The van der Waals surface area contributed by atoms with Crippen molar-refractivity contribution < 1.29 is 9.59 Å². The zero-order valence-electron chi connectivity index (χ0n) is 22.5. The van der Waals surface area contributed by atoms with Gasteiger partial charge < -0.3 is 26.6 Å². The van der Waals surface area contributed by atoms with E-state index in [9.17, 15) is 14.4 Å². The maximum Gasteiger partial charge on any atom is 0.354 e. The molecule has 0 bridgehead atoms. The number of benzene rings is 1. The number of rotatable bonds is 6. The summed E-state index contributed by atoms with van der Waals surface area (Å²) in [7, 11) is 0. The lowest BCUT2D eigenvalue weighted by Crippen LogP contribution is -2.58. The van der Waals surface area contributed by atoms with Crippen LogP contribution in [0.25, 0.3) is 5.69 Å². The van der Waals surface area contributed by atoms with Gasteiger partial charge in [-0.25, -0.2) is 9.59 Å². The van der Waals surface area contributed by atoms with E-state index in [1.807, 2.05) is 24.3 Å². The van der Waals surface area contributed by atoms with Crippen molar-refractivity contribution in [2.75, 3.05) is 31.5 Å². The second-order valence-corrected chi connectivity index (χ2v) is 11.1. The van der Waals surface area contributed by atoms with Gasteiger partial charge in [-0.15, -0.1) is 0 Å². The highest BCUT2D eigenvalue weighted by molar-refractivity contribution is 5.89. The van der Waals surface area contributed by atoms with Crippen molar-refractivity contribution in [3.05, 3.63) is 52.6 Å². The second-order valence-electron chi connectivity index (χ2n) is 11.1. The summed E-state index contributed by atoms with van der Waals surface area (Å²) in [5.41, 5.74) is 12.4. The first kappa shape index (κ1) is 27.7. The Morgan fingerprint density at radius 2 is 1.71 bits per heavy atom. The van der Waals surface area contributed by atoms with E-state index in [0.717, 1.165) is 31.4 Å². The lowest BCUT2D eigenvalue weighted by molar-refractivity contribution is -0.137. The highest BCUT2D eigenvalue weighted by atomic mass is 16.2. The van der Waals surface area contributed by atoms with Crippen LogP contribution >= 0.6 is 0 Å². The molecule has 1 aliphatic heterocycles. The molecule has 1 aromatic carbocycles. The summed E-state index contributed by atoms with van der Waals surface area (Å²) in [4.78, 5) is 45.0. The fourth-order valence-electron chi connectivity index (χ4n) is 5.02. The van der Waals surface area contributed by atoms with Crippen LogP contribution in [-0.4, -0.2) is 75.1 Å². The zero-order chi connectivity index (χ0) is 27.4. The van der Waals surface area contributed by atoms with Crippen LogP contribution in [0.2, 0.25) is 0 Å². The average molecular weight is 525 g/mol. The summed E-state index contributed by atoms with van der Waals surface area (Å²) >= 11 is 0. The highest BCUT2D eigenvalue weighted by Gasteiger charge is 2.31. The van der Waals surface area contributed by atoms with Crippen molar-refractivity contribution in [3.63, 3.8) is 0 Å². The second kappa shape index (κ2) is 11.6. The third kappa shape index (κ3) is 6.77. The molecule has 206 valence electrons. The molecule has 2 aliphatic rings. The molecule has 1 saturated heterocycles. The van der Waals surface area contributed by atoms with E-state index in [4.69, 9.17) is 11.5 Å². The quantitative estimate of drug-likeness (QED) is 0.444. The van der Waals surface area contributed by atoms with Crippen molar-refractivity contribution in [2.24, 2.45) is 17.4 Å². The van der Waals surface area contributed by atoms with Crippen LogP contribution in [0.15, 0.2) is 41.3 Å². The minimum atomic E-state index is -0.946. The topological polar surface area (TPSA) is 152 Å².